The van der Waals surface area contributed by atoms with Crippen molar-refractivity contribution in [3.8, 4) is 0 Å². The van der Waals surface area contributed by atoms with Crippen LogP contribution in [0.3, 0.4) is 0 Å². The van der Waals surface area contributed by atoms with Crippen LogP contribution in [0.5, 0.6) is 0 Å². The molecule has 0 aromatic carbocycles. The van der Waals surface area contributed by atoms with Crippen LogP contribution in [0.25, 0.3) is 0 Å². The first-order valence-electron chi connectivity index (χ1n) is 6.53. The van der Waals surface area contributed by atoms with Crippen LogP contribution in [0.4, 0.5) is 0 Å². The standard InChI is InChI=1S/C13H15IO6/c1-13(2,14)12(18)20-9-4-3-5-7(6(4)10(15)16)11(17)19-8(5)9/h4-9H,3H2,1-2H3,(H,15,16)/p-1. The third-order valence-corrected chi connectivity index (χ3v) is 4.99. The van der Waals surface area contributed by atoms with Crippen molar-refractivity contribution >= 4 is 40.5 Å². The molecule has 110 valence electrons. The normalized spacial score (nSPS) is 41.6. The molecule has 6 unspecified atom stereocenters. The number of fused-ring (bicyclic) bond motifs is 1. The number of esters is 2. The van der Waals surface area contributed by atoms with Crippen LogP contribution in [-0.4, -0.2) is 33.5 Å². The first-order valence-corrected chi connectivity index (χ1v) is 7.61. The van der Waals surface area contributed by atoms with E-state index in [4.69, 9.17) is 9.47 Å². The van der Waals surface area contributed by atoms with Crippen molar-refractivity contribution in [3.63, 3.8) is 0 Å². The second-order valence-electron chi connectivity index (χ2n) is 6.18. The fourth-order valence-electron chi connectivity index (χ4n) is 3.73. The fraction of sp³-hybridized carbons (Fsp3) is 0.769. The van der Waals surface area contributed by atoms with Gasteiger partial charge >= 0.3 is 11.9 Å². The SMILES string of the molecule is CC(C)(I)C(=O)OC1C2CC3C1OC(=O)C3C2C(=O)[O-]. The number of aliphatic carboxylic acids is 1. The van der Waals surface area contributed by atoms with Gasteiger partial charge < -0.3 is 19.4 Å². The number of ether oxygens (including phenoxy) is 2. The molecule has 2 aliphatic carbocycles. The second kappa shape index (κ2) is 4.32. The number of carbonyl (C=O) groups is 3. The maximum Gasteiger partial charge on any atom is 0.321 e. The molecule has 0 radical (unpaired) electrons. The van der Waals surface area contributed by atoms with Crippen LogP contribution in [-0.2, 0) is 23.9 Å². The monoisotopic (exact) mass is 393 g/mol. The Labute approximate surface area is 129 Å². The van der Waals surface area contributed by atoms with Gasteiger partial charge in [-0.25, -0.2) is 0 Å². The molecule has 1 aliphatic heterocycles. The van der Waals surface area contributed by atoms with Crippen molar-refractivity contribution in [3.05, 3.63) is 0 Å². The van der Waals surface area contributed by atoms with Crippen molar-refractivity contribution in [2.24, 2.45) is 23.7 Å². The maximum absolute atomic E-state index is 12.0. The summed E-state index contributed by atoms with van der Waals surface area (Å²) in [7, 11) is 0. The molecular formula is C13H14IO6-. The average Bonchev–Trinajstić information content (AvgIpc) is 2.90. The van der Waals surface area contributed by atoms with E-state index in [1.807, 2.05) is 22.6 Å². The Morgan fingerprint density at radius 2 is 2.05 bits per heavy atom. The van der Waals surface area contributed by atoms with Crippen LogP contribution in [0, 0.1) is 23.7 Å². The molecule has 1 saturated heterocycles. The molecule has 0 aromatic heterocycles. The highest BCUT2D eigenvalue weighted by atomic mass is 127. The van der Waals surface area contributed by atoms with Gasteiger partial charge in [-0.15, -0.1) is 0 Å². The van der Waals surface area contributed by atoms with Crippen LogP contribution in [0.1, 0.15) is 20.3 Å². The van der Waals surface area contributed by atoms with Gasteiger partial charge in [0, 0.05) is 23.7 Å². The zero-order valence-electron chi connectivity index (χ0n) is 11.0. The number of carbonyl (C=O) groups excluding carboxylic acids is 3. The molecule has 20 heavy (non-hydrogen) atoms. The number of carboxylic acid groups (broad SMARTS) is 1. The second-order valence-corrected chi connectivity index (χ2v) is 8.87. The smallest absolute Gasteiger partial charge is 0.321 e. The molecule has 0 N–H and O–H groups in total. The summed E-state index contributed by atoms with van der Waals surface area (Å²) in [5.74, 6) is -4.25. The lowest BCUT2D eigenvalue weighted by atomic mass is 9.78. The van der Waals surface area contributed by atoms with Gasteiger partial charge in [-0.3, -0.25) is 9.59 Å². The number of carboxylic acids is 1. The molecule has 0 amide bonds. The largest absolute Gasteiger partial charge is 0.550 e. The molecular weight excluding hydrogens is 379 g/mol. The molecule has 0 spiro atoms. The van der Waals surface area contributed by atoms with Gasteiger partial charge in [-0.1, -0.05) is 22.6 Å². The topological polar surface area (TPSA) is 92.7 Å². The van der Waals surface area contributed by atoms with E-state index < -0.39 is 45.4 Å². The van der Waals surface area contributed by atoms with E-state index in [0.717, 1.165) is 0 Å². The Morgan fingerprint density at radius 3 is 2.60 bits per heavy atom. The lowest BCUT2D eigenvalue weighted by Crippen LogP contribution is -2.48. The van der Waals surface area contributed by atoms with Crippen molar-refractivity contribution in [1.82, 2.24) is 0 Å². The maximum atomic E-state index is 12.0. The molecule has 1 heterocycles. The van der Waals surface area contributed by atoms with E-state index in [1.54, 1.807) is 13.8 Å². The highest BCUT2D eigenvalue weighted by molar-refractivity contribution is 14.1. The van der Waals surface area contributed by atoms with Crippen LogP contribution < -0.4 is 5.11 Å². The van der Waals surface area contributed by atoms with Gasteiger partial charge in [0.05, 0.1) is 5.92 Å². The molecule has 2 saturated carbocycles. The molecule has 3 rings (SSSR count). The third-order valence-electron chi connectivity index (χ3n) is 4.55. The summed E-state index contributed by atoms with van der Waals surface area (Å²) in [6, 6.07) is 0. The van der Waals surface area contributed by atoms with E-state index in [9.17, 15) is 19.5 Å². The molecule has 6 nitrogen and oxygen atoms in total. The molecule has 6 atom stereocenters. The molecule has 2 bridgehead atoms. The van der Waals surface area contributed by atoms with Gasteiger partial charge in [-0.05, 0) is 20.3 Å². The van der Waals surface area contributed by atoms with E-state index >= 15 is 0 Å². The van der Waals surface area contributed by atoms with Gasteiger partial charge in [0.15, 0.2) is 0 Å². The number of hydrogen-bond donors (Lipinski definition) is 0. The van der Waals surface area contributed by atoms with Crippen molar-refractivity contribution < 1.29 is 29.0 Å². The number of halogens is 1. The van der Waals surface area contributed by atoms with Crippen LogP contribution in [0.2, 0.25) is 0 Å². The quantitative estimate of drug-likeness (QED) is 0.371. The zero-order chi connectivity index (χ0) is 14.8. The summed E-state index contributed by atoms with van der Waals surface area (Å²) in [4.78, 5) is 35.1. The Hall–Kier alpha value is -0.860. The number of alkyl halides is 1. The Balaban J connectivity index is 1.86. The summed E-state index contributed by atoms with van der Waals surface area (Å²) < 4.78 is 9.98. The molecule has 3 aliphatic rings. The summed E-state index contributed by atoms with van der Waals surface area (Å²) in [5, 5.41) is 11.3. The summed E-state index contributed by atoms with van der Waals surface area (Å²) in [6.45, 7) is 3.42. The highest BCUT2D eigenvalue weighted by Gasteiger charge is 2.68. The summed E-state index contributed by atoms with van der Waals surface area (Å²) in [5.41, 5.74) is 0. The number of hydrogen-bond acceptors (Lipinski definition) is 6. The van der Waals surface area contributed by atoms with E-state index in [1.165, 1.54) is 0 Å². The minimum atomic E-state index is -1.26. The molecule has 7 heteroatoms. The van der Waals surface area contributed by atoms with E-state index in [2.05, 4.69) is 0 Å². The first-order chi connectivity index (χ1) is 9.21. The molecule has 3 fully saturated rings. The summed E-state index contributed by atoms with van der Waals surface area (Å²) in [6.07, 6.45) is -0.609. The predicted molar refractivity (Wildman–Crippen MR) is 71.4 cm³/mol. The third kappa shape index (κ3) is 1.85. The summed E-state index contributed by atoms with van der Waals surface area (Å²) >= 11 is 1.96. The van der Waals surface area contributed by atoms with Crippen LogP contribution in [0.15, 0.2) is 0 Å². The zero-order valence-corrected chi connectivity index (χ0v) is 13.2. The minimum absolute atomic E-state index is 0.162. The predicted octanol–water partition coefficient (Wildman–Crippen LogP) is -0.331. The molecule has 0 aromatic rings. The highest BCUT2D eigenvalue weighted by Crippen LogP contribution is 2.58. The van der Waals surface area contributed by atoms with Crippen molar-refractivity contribution in [2.45, 2.75) is 35.9 Å². The average molecular weight is 393 g/mol. The van der Waals surface area contributed by atoms with Gasteiger partial charge in [0.2, 0.25) is 0 Å². The van der Waals surface area contributed by atoms with Gasteiger partial charge in [0.1, 0.15) is 15.6 Å². The Bertz CT molecular complexity index is 496. The van der Waals surface area contributed by atoms with E-state index in [0.29, 0.717) is 6.42 Å². The first kappa shape index (κ1) is 14.1. The van der Waals surface area contributed by atoms with Gasteiger partial charge in [-0.2, -0.15) is 0 Å². The van der Waals surface area contributed by atoms with Crippen molar-refractivity contribution in [2.75, 3.05) is 0 Å². The lowest BCUT2D eigenvalue weighted by Gasteiger charge is -2.33. The van der Waals surface area contributed by atoms with Crippen molar-refractivity contribution in [1.29, 1.82) is 0 Å². The fourth-order valence-corrected chi connectivity index (χ4v) is 3.86. The van der Waals surface area contributed by atoms with Crippen LogP contribution >= 0.6 is 22.6 Å². The minimum Gasteiger partial charge on any atom is -0.550 e. The van der Waals surface area contributed by atoms with Gasteiger partial charge in [0.25, 0.3) is 0 Å². The Morgan fingerprint density at radius 1 is 1.40 bits per heavy atom. The lowest BCUT2D eigenvalue weighted by molar-refractivity contribution is -0.315. The number of rotatable bonds is 3. The Kier molecular flexibility index (Phi) is 3.04. The van der Waals surface area contributed by atoms with E-state index in [-0.39, 0.29) is 11.8 Å².